The molecule has 0 fully saturated rings. The molecule has 0 saturated carbocycles. The molecule has 1 aromatic rings. The first-order valence-corrected chi connectivity index (χ1v) is 5.13. The average Bonchev–Trinajstić information content (AvgIpc) is 2.26. The fourth-order valence-electron chi connectivity index (χ4n) is 1.51. The third-order valence-corrected chi connectivity index (χ3v) is 2.33. The summed E-state index contributed by atoms with van der Waals surface area (Å²) in [6.07, 6.45) is 1.45. The van der Waals surface area contributed by atoms with E-state index in [4.69, 9.17) is 0 Å². The molecule has 0 amide bonds. The van der Waals surface area contributed by atoms with Gasteiger partial charge in [-0.25, -0.2) is 28.1 Å². The molecule has 0 aliphatic rings. The third-order valence-electron chi connectivity index (χ3n) is 2.33. The largest absolute Gasteiger partial charge is 0.336 e. The smallest absolute Gasteiger partial charge is 0.247 e. The number of aromatic nitrogens is 3. The molecule has 1 heterocycles. The summed E-state index contributed by atoms with van der Waals surface area (Å²) in [5, 5.41) is 0. The number of allylic oxidation sites excluding steroid dienone is 1. The van der Waals surface area contributed by atoms with Crippen LogP contribution in [0.1, 0.15) is 13.8 Å². The van der Waals surface area contributed by atoms with Gasteiger partial charge in [-0.2, -0.15) is 0 Å². The van der Waals surface area contributed by atoms with Crippen LogP contribution in [-0.4, -0.2) is 13.7 Å². The molecule has 0 spiro atoms. The van der Waals surface area contributed by atoms with Crippen LogP contribution in [0.4, 0.5) is 0 Å². The minimum atomic E-state index is -0.581. The minimum absolute atomic E-state index is 0.109. The standard InChI is InChI=1S/C10H15N3O3/c1-4-7-13-9(15)11(5-2)8(14)12(6-3)10(13)16/h4H,1,5-7H2,2-3H3. The van der Waals surface area contributed by atoms with Crippen molar-refractivity contribution >= 4 is 0 Å². The zero-order chi connectivity index (χ0) is 12.3. The first-order chi connectivity index (χ1) is 7.58. The molecule has 0 N–H and O–H groups in total. The number of nitrogens with zero attached hydrogens (tertiary/aromatic N) is 3. The van der Waals surface area contributed by atoms with Gasteiger partial charge in [0, 0.05) is 13.1 Å². The van der Waals surface area contributed by atoms with E-state index in [9.17, 15) is 14.4 Å². The SMILES string of the molecule is C=CCn1c(=O)n(CC)c(=O)n(CC)c1=O. The van der Waals surface area contributed by atoms with Crippen LogP contribution in [-0.2, 0) is 19.6 Å². The van der Waals surface area contributed by atoms with Gasteiger partial charge in [0.1, 0.15) is 0 Å². The summed E-state index contributed by atoms with van der Waals surface area (Å²) in [6, 6.07) is 0. The van der Waals surface area contributed by atoms with Crippen molar-refractivity contribution in [3.8, 4) is 0 Å². The summed E-state index contributed by atoms with van der Waals surface area (Å²) in [7, 11) is 0. The van der Waals surface area contributed by atoms with Crippen LogP contribution in [0.3, 0.4) is 0 Å². The normalized spacial score (nSPS) is 10.4. The summed E-state index contributed by atoms with van der Waals surface area (Å²) >= 11 is 0. The second-order valence-corrected chi connectivity index (χ2v) is 3.24. The predicted octanol–water partition coefficient (Wildman–Crippen LogP) is -0.603. The second-order valence-electron chi connectivity index (χ2n) is 3.24. The van der Waals surface area contributed by atoms with Crippen LogP contribution in [0.25, 0.3) is 0 Å². The zero-order valence-corrected chi connectivity index (χ0v) is 9.47. The highest BCUT2D eigenvalue weighted by Crippen LogP contribution is 1.76. The molecule has 0 atom stereocenters. The molecular formula is C10H15N3O3. The molecule has 0 bridgehead atoms. The fourth-order valence-corrected chi connectivity index (χ4v) is 1.51. The lowest BCUT2D eigenvalue weighted by Gasteiger charge is -2.09. The zero-order valence-electron chi connectivity index (χ0n) is 9.47. The van der Waals surface area contributed by atoms with E-state index >= 15 is 0 Å². The maximum Gasteiger partial charge on any atom is 0.336 e. The van der Waals surface area contributed by atoms with Crippen LogP contribution in [0.2, 0.25) is 0 Å². The van der Waals surface area contributed by atoms with Crippen molar-refractivity contribution in [1.82, 2.24) is 13.7 Å². The molecular weight excluding hydrogens is 210 g/mol. The van der Waals surface area contributed by atoms with E-state index in [1.807, 2.05) is 0 Å². The van der Waals surface area contributed by atoms with Gasteiger partial charge in [0.25, 0.3) is 0 Å². The molecule has 16 heavy (non-hydrogen) atoms. The lowest BCUT2D eigenvalue weighted by Crippen LogP contribution is -2.54. The average molecular weight is 225 g/mol. The maximum atomic E-state index is 11.8. The van der Waals surface area contributed by atoms with Gasteiger partial charge in [-0.3, -0.25) is 0 Å². The molecule has 0 aliphatic heterocycles. The van der Waals surface area contributed by atoms with Crippen molar-refractivity contribution in [3.63, 3.8) is 0 Å². The van der Waals surface area contributed by atoms with Gasteiger partial charge in [0.05, 0.1) is 6.54 Å². The molecule has 1 aromatic heterocycles. The molecule has 0 aliphatic carbocycles. The Kier molecular flexibility index (Phi) is 3.65. The number of rotatable bonds is 4. The van der Waals surface area contributed by atoms with Gasteiger partial charge in [-0.05, 0) is 13.8 Å². The molecule has 88 valence electrons. The summed E-state index contributed by atoms with van der Waals surface area (Å²) in [4.78, 5) is 35.2. The van der Waals surface area contributed by atoms with E-state index in [-0.39, 0.29) is 19.6 Å². The van der Waals surface area contributed by atoms with Crippen molar-refractivity contribution in [3.05, 3.63) is 44.1 Å². The van der Waals surface area contributed by atoms with Crippen LogP contribution in [0.5, 0.6) is 0 Å². The predicted molar refractivity (Wildman–Crippen MR) is 60.8 cm³/mol. The quantitative estimate of drug-likeness (QED) is 0.642. The van der Waals surface area contributed by atoms with Gasteiger partial charge in [0.15, 0.2) is 0 Å². The monoisotopic (exact) mass is 225 g/mol. The van der Waals surface area contributed by atoms with E-state index in [0.717, 1.165) is 13.7 Å². The Labute approximate surface area is 92.1 Å². The molecule has 6 heteroatoms. The van der Waals surface area contributed by atoms with Crippen molar-refractivity contribution < 1.29 is 0 Å². The Hall–Kier alpha value is -1.85. The Bertz CT molecular complexity index is 520. The van der Waals surface area contributed by atoms with Crippen LogP contribution >= 0.6 is 0 Å². The molecule has 6 nitrogen and oxygen atoms in total. The van der Waals surface area contributed by atoms with Crippen LogP contribution in [0, 0.1) is 0 Å². The van der Waals surface area contributed by atoms with Crippen molar-refractivity contribution in [1.29, 1.82) is 0 Å². The third kappa shape index (κ3) is 1.78. The van der Waals surface area contributed by atoms with Gasteiger partial charge >= 0.3 is 17.1 Å². The van der Waals surface area contributed by atoms with Crippen molar-refractivity contribution in [2.24, 2.45) is 0 Å². The van der Waals surface area contributed by atoms with Crippen molar-refractivity contribution in [2.45, 2.75) is 33.5 Å². The van der Waals surface area contributed by atoms with Gasteiger partial charge in [0.2, 0.25) is 0 Å². The number of hydrogen-bond acceptors (Lipinski definition) is 3. The maximum absolute atomic E-state index is 11.8. The van der Waals surface area contributed by atoms with Gasteiger partial charge in [-0.15, -0.1) is 6.58 Å². The first kappa shape index (κ1) is 12.2. The molecule has 1 rings (SSSR count). The fraction of sp³-hybridized carbons (Fsp3) is 0.500. The highest BCUT2D eigenvalue weighted by atomic mass is 16.2. The summed E-state index contributed by atoms with van der Waals surface area (Å²) in [5.74, 6) is 0. The lowest BCUT2D eigenvalue weighted by molar-refractivity contribution is 0.481. The van der Waals surface area contributed by atoms with E-state index in [1.165, 1.54) is 6.08 Å². The molecule has 0 radical (unpaired) electrons. The first-order valence-electron chi connectivity index (χ1n) is 5.13. The summed E-state index contributed by atoms with van der Waals surface area (Å²) in [5.41, 5.74) is -1.72. The highest BCUT2D eigenvalue weighted by molar-refractivity contribution is 4.81. The second kappa shape index (κ2) is 4.78. The molecule has 0 aromatic carbocycles. The lowest BCUT2D eigenvalue weighted by atomic mass is 10.6. The molecule has 0 saturated heterocycles. The van der Waals surface area contributed by atoms with Crippen LogP contribution < -0.4 is 17.1 Å². The topological polar surface area (TPSA) is 66.0 Å². The van der Waals surface area contributed by atoms with E-state index in [2.05, 4.69) is 6.58 Å². The Morgan fingerprint density at radius 1 is 0.938 bits per heavy atom. The van der Waals surface area contributed by atoms with Gasteiger partial charge < -0.3 is 0 Å². The Morgan fingerprint density at radius 3 is 1.62 bits per heavy atom. The van der Waals surface area contributed by atoms with Crippen molar-refractivity contribution in [2.75, 3.05) is 0 Å². The minimum Gasteiger partial charge on any atom is -0.247 e. The summed E-state index contributed by atoms with van der Waals surface area (Å²) in [6.45, 7) is 7.45. The molecule has 0 unspecified atom stereocenters. The van der Waals surface area contributed by atoms with E-state index in [0.29, 0.717) is 0 Å². The van der Waals surface area contributed by atoms with Gasteiger partial charge in [-0.1, -0.05) is 6.08 Å². The van der Waals surface area contributed by atoms with Crippen LogP contribution in [0.15, 0.2) is 27.0 Å². The summed E-state index contributed by atoms with van der Waals surface area (Å²) < 4.78 is 3.07. The van der Waals surface area contributed by atoms with E-state index in [1.54, 1.807) is 13.8 Å². The Balaban J connectivity index is 3.77. The highest BCUT2D eigenvalue weighted by Gasteiger charge is 2.11. The van der Waals surface area contributed by atoms with E-state index < -0.39 is 17.1 Å². The number of hydrogen-bond donors (Lipinski definition) is 0. The Morgan fingerprint density at radius 2 is 1.31 bits per heavy atom.